The molecule has 2 N–H and O–H groups in total. The molecule has 0 radical (unpaired) electrons. The van der Waals surface area contributed by atoms with Gasteiger partial charge in [-0.1, -0.05) is 12.1 Å². The Balaban J connectivity index is 1.80. The lowest BCUT2D eigenvalue weighted by Crippen LogP contribution is -2.33. The van der Waals surface area contributed by atoms with E-state index in [-0.39, 0.29) is 11.8 Å². The fraction of sp³-hybridized carbons (Fsp3) is 0.188. The standard InChI is InChI=1S/C16H16N2O2/c1-11-3-2-4-13(9-11)17-16(20)18-8-7-12-10-14(19)5-6-15(12)18/h2-6,9-10,19H,7-8H2,1H3,(H,17,20). The van der Waals surface area contributed by atoms with Crippen molar-refractivity contribution in [2.75, 3.05) is 16.8 Å². The van der Waals surface area contributed by atoms with Crippen LogP contribution in [0.1, 0.15) is 11.1 Å². The average molecular weight is 268 g/mol. The van der Waals surface area contributed by atoms with Gasteiger partial charge in [0.1, 0.15) is 5.75 Å². The maximum atomic E-state index is 12.3. The lowest BCUT2D eigenvalue weighted by molar-refractivity contribution is 0.257. The topological polar surface area (TPSA) is 52.6 Å². The van der Waals surface area contributed by atoms with Crippen LogP contribution in [-0.2, 0) is 6.42 Å². The maximum absolute atomic E-state index is 12.3. The number of benzene rings is 2. The molecule has 2 amide bonds. The van der Waals surface area contributed by atoms with Gasteiger partial charge in [0.2, 0.25) is 0 Å². The molecular formula is C16H16N2O2. The molecule has 4 nitrogen and oxygen atoms in total. The van der Waals surface area contributed by atoms with Gasteiger partial charge in [0.15, 0.2) is 0 Å². The predicted molar refractivity (Wildman–Crippen MR) is 79.4 cm³/mol. The van der Waals surface area contributed by atoms with Gasteiger partial charge in [-0.15, -0.1) is 0 Å². The van der Waals surface area contributed by atoms with Crippen LogP contribution in [0.3, 0.4) is 0 Å². The zero-order valence-electron chi connectivity index (χ0n) is 11.3. The molecule has 0 aromatic heterocycles. The van der Waals surface area contributed by atoms with Crippen molar-refractivity contribution in [3.05, 3.63) is 53.6 Å². The third-order valence-electron chi connectivity index (χ3n) is 3.47. The molecule has 1 aliphatic rings. The summed E-state index contributed by atoms with van der Waals surface area (Å²) in [5.74, 6) is 0.240. The van der Waals surface area contributed by atoms with Crippen molar-refractivity contribution >= 4 is 17.4 Å². The van der Waals surface area contributed by atoms with Crippen molar-refractivity contribution in [1.82, 2.24) is 0 Å². The Morgan fingerprint density at radius 1 is 1.25 bits per heavy atom. The quantitative estimate of drug-likeness (QED) is 0.833. The minimum atomic E-state index is -0.139. The molecule has 102 valence electrons. The zero-order valence-corrected chi connectivity index (χ0v) is 11.3. The van der Waals surface area contributed by atoms with Crippen molar-refractivity contribution in [2.45, 2.75) is 13.3 Å². The summed E-state index contributed by atoms with van der Waals surface area (Å²) in [5.41, 5.74) is 3.77. The summed E-state index contributed by atoms with van der Waals surface area (Å²) in [6.45, 7) is 2.63. The third kappa shape index (κ3) is 2.32. The van der Waals surface area contributed by atoms with Gasteiger partial charge < -0.3 is 10.4 Å². The Hall–Kier alpha value is -2.49. The van der Waals surface area contributed by atoms with Crippen molar-refractivity contribution in [1.29, 1.82) is 0 Å². The maximum Gasteiger partial charge on any atom is 0.326 e. The number of urea groups is 1. The molecule has 0 saturated carbocycles. The van der Waals surface area contributed by atoms with Crippen molar-refractivity contribution in [3.63, 3.8) is 0 Å². The van der Waals surface area contributed by atoms with Crippen LogP contribution in [0.25, 0.3) is 0 Å². The number of anilines is 2. The number of fused-ring (bicyclic) bond motifs is 1. The molecule has 0 fully saturated rings. The van der Waals surface area contributed by atoms with Crippen molar-refractivity contribution < 1.29 is 9.90 Å². The van der Waals surface area contributed by atoms with Gasteiger partial charge in [0.25, 0.3) is 0 Å². The van der Waals surface area contributed by atoms with Gasteiger partial charge >= 0.3 is 6.03 Å². The fourth-order valence-corrected chi connectivity index (χ4v) is 2.51. The average Bonchev–Trinajstić information content (AvgIpc) is 2.81. The van der Waals surface area contributed by atoms with Crippen LogP contribution in [0.5, 0.6) is 5.75 Å². The minimum absolute atomic E-state index is 0.139. The molecule has 1 heterocycles. The summed E-state index contributed by atoms with van der Waals surface area (Å²) >= 11 is 0. The van der Waals surface area contributed by atoms with Crippen LogP contribution in [0, 0.1) is 6.92 Å². The number of carbonyl (C=O) groups is 1. The lowest BCUT2D eigenvalue weighted by atomic mass is 10.1. The first-order valence-corrected chi connectivity index (χ1v) is 6.60. The third-order valence-corrected chi connectivity index (χ3v) is 3.47. The van der Waals surface area contributed by atoms with E-state index in [2.05, 4.69) is 5.32 Å². The summed E-state index contributed by atoms with van der Waals surface area (Å²) in [6, 6.07) is 12.7. The Kier molecular flexibility index (Phi) is 3.06. The normalized spacial score (nSPS) is 13.2. The number of phenols is 1. The van der Waals surface area contributed by atoms with E-state index < -0.39 is 0 Å². The number of nitrogens with one attached hydrogen (secondary N) is 1. The number of phenolic OH excluding ortho intramolecular Hbond substituents is 1. The first kappa shape index (κ1) is 12.5. The minimum Gasteiger partial charge on any atom is -0.508 e. The Morgan fingerprint density at radius 3 is 2.90 bits per heavy atom. The van der Waals surface area contributed by atoms with Gasteiger partial charge in [0, 0.05) is 17.9 Å². The van der Waals surface area contributed by atoms with Crippen LogP contribution >= 0.6 is 0 Å². The van der Waals surface area contributed by atoms with Gasteiger partial charge in [-0.05, 0) is 54.8 Å². The highest BCUT2D eigenvalue weighted by Crippen LogP contribution is 2.31. The molecule has 0 atom stereocenters. The second-order valence-corrected chi connectivity index (χ2v) is 5.01. The van der Waals surface area contributed by atoms with Crippen LogP contribution in [-0.4, -0.2) is 17.7 Å². The van der Waals surface area contributed by atoms with E-state index in [1.54, 1.807) is 23.1 Å². The smallest absolute Gasteiger partial charge is 0.326 e. The Labute approximate surface area is 117 Å². The van der Waals surface area contributed by atoms with E-state index in [4.69, 9.17) is 0 Å². The monoisotopic (exact) mass is 268 g/mol. The molecule has 0 saturated heterocycles. The SMILES string of the molecule is Cc1cccc(NC(=O)N2CCc3cc(O)ccc32)c1. The lowest BCUT2D eigenvalue weighted by Gasteiger charge is -2.18. The van der Waals surface area contributed by atoms with E-state index in [9.17, 15) is 9.90 Å². The molecule has 2 aromatic rings. The van der Waals surface area contributed by atoms with Crippen molar-refractivity contribution in [2.24, 2.45) is 0 Å². The molecule has 2 aromatic carbocycles. The second-order valence-electron chi connectivity index (χ2n) is 5.01. The number of aromatic hydroxyl groups is 1. The summed E-state index contributed by atoms with van der Waals surface area (Å²) < 4.78 is 0. The molecule has 20 heavy (non-hydrogen) atoms. The van der Waals surface area contributed by atoms with Crippen LogP contribution in [0.2, 0.25) is 0 Å². The Morgan fingerprint density at radius 2 is 2.10 bits per heavy atom. The molecule has 0 bridgehead atoms. The summed E-state index contributed by atoms with van der Waals surface area (Å²) in [5, 5.41) is 12.4. The molecule has 0 unspecified atom stereocenters. The van der Waals surface area contributed by atoms with E-state index in [0.717, 1.165) is 28.9 Å². The molecule has 0 spiro atoms. The predicted octanol–water partition coefficient (Wildman–Crippen LogP) is 3.30. The van der Waals surface area contributed by atoms with E-state index in [1.807, 2.05) is 31.2 Å². The number of carbonyl (C=O) groups excluding carboxylic acids is 1. The highest BCUT2D eigenvalue weighted by Gasteiger charge is 2.24. The molecule has 0 aliphatic carbocycles. The molecule has 3 rings (SSSR count). The van der Waals surface area contributed by atoms with E-state index >= 15 is 0 Å². The van der Waals surface area contributed by atoms with Crippen molar-refractivity contribution in [3.8, 4) is 5.75 Å². The van der Waals surface area contributed by atoms with Gasteiger partial charge in [-0.25, -0.2) is 4.79 Å². The van der Waals surface area contributed by atoms with E-state index in [1.165, 1.54) is 0 Å². The summed E-state index contributed by atoms with van der Waals surface area (Å²) in [4.78, 5) is 14.0. The molecular weight excluding hydrogens is 252 g/mol. The summed E-state index contributed by atoms with van der Waals surface area (Å²) in [6.07, 6.45) is 0.769. The number of hydrogen-bond acceptors (Lipinski definition) is 2. The van der Waals surface area contributed by atoms with Crippen LogP contribution in [0.4, 0.5) is 16.2 Å². The van der Waals surface area contributed by atoms with Gasteiger partial charge in [-0.2, -0.15) is 0 Å². The first-order valence-electron chi connectivity index (χ1n) is 6.60. The molecule has 4 heteroatoms. The largest absolute Gasteiger partial charge is 0.508 e. The highest BCUT2D eigenvalue weighted by atomic mass is 16.3. The zero-order chi connectivity index (χ0) is 14.1. The molecule has 1 aliphatic heterocycles. The fourth-order valence-electron chi connectivity index (χ4n) is 2.51. The Bertz CT molecular complexity index is 667. The number of aryl methyl sites for hydroxylation is 1. The van der Waals surface area contributed by atoms with E-state index in [0.29, 0.717) is 6.54 Å². The summed E-state index contributed by atoms with van der Waals surface area (Å²) in [7, 11) is 0. The van der Waals surface area contributed by atoms with Crippen LogP contribution in [0.15, 0.2) is 42.5 Å². The number of hydrogen-bond donors (Lipinski definition) is 2. The first-order chi connectivity index (χ1) is 9.63. The van der Waals surface area contributed by atoms with Crippen LogP contribution < -0.4 is 10.2 Å². The highest BCUT2D eigenvalue weighted by molar-refractivity contribution is 6.03. The number of nitrogens with zero attached hydrogens (tertiary/aromatic N) is 1. The second kappa shape index (κ2) is 4.89. The van der Waals surface area contributed by atoms with Gasteiger partial charge in [0.05, 0.1) is 0 Å². The number of amides is 2. The van der Waals surface area contributed by atoms with Gasteiger partial charge in [-0.3, -0.25) is 4.90 Å². The number of rotatable bonds is 1.